The summed E-state index contributed by atoms with van der Waals surface area (Å²) in [7, 11) is 0. The van der Waals surface area contributed by atoms with E-state index >= 15 is 0 Å². The maximum Gasteiger partial charge on any atom is 0.255 e. The number of hydrogen-bond donors (Lipinski definition) is 2. The number of anilines is 1. The second-order valence-corrected chi connectivity index (χ2v) is 7.39. The van der Waals surface area contributed by atoms with Crippen molar-refractivity contribution in [2.24, 2.45) is 5.92 Å². The summed E-state index contributed by atoms with van der Waals surface area (Å²) < 4.78 is 11.9. The molecule has 3 N–H and O–H groups in total. The zero-order valence-electron chi connectivity index (χ0n) is 15.8. The predicted octanol–water partition coefficient (Wildman–Crippen LogP) is 1.95. The maximum atomic E-state index is 12.3. The molecule has 0 aliphatic carbocycles. The molecule has 1 fully saturated rings. The van der Waals surface area contributed by atoms with Crippen molar-refractivity contribution in [3.8, 4) is 11.5 Å². The Bertz CT molecular complexity index is 821. The summed E-state index contributed by atoms with van der Waals surface area (Å²) in [5.74, 6) is 2.24. The molecule has 3 heterocycles. The number of nitrogens with two attached hydrogens (primary N) is 1. The highest BCUT2D eigenvalue weighted by atomic mass is 16.6. The van der Waals surface area contributed by atoms with E-state index in [0.717, 1.165) is 44.0 Å². The van der Waals surface area contributed by atoms with Crippen molar-refractivity contribution in [1.82, 2.24) is 15.2 Å². The van der Waals surface area contributed by atoms with Gasteiger partial charge in [-0.15, -0.1) is 0 Å². The molecule has 2 aliphatic heterocycles. The van der Waals surface area contributed by atoms with Crippen LogP contribution in [0.4, 0.5) is 5.82 Å². The minimum absolute atomic E-state index is 0.0553. The summed E-state index contributed by atoms with van der Waals surface area (Å²) in [6, 6.07) is 11.2. The highest BCUT2D eigenvalue weighted by Crippen LogP contribution is 2.31. The lowest BCUT2D eigenvalue weighted by molar-refractivity contribution is 0.0476. The molecule has 2 aromatic rings. The quantitative estimate of drug-likeness (QED) is 0.822. The Morgan fingerprint density at radius 3 is 2.75 bits per heavy atom. The number of benzene rings is 1. The Morgan fingerprint density at radius 1 is 1.18 bits per heavy atom. The molecule has 1 saturated heterocycles. The summed E-state index contributed by atoms with van der Waals surface area (Å²) in [6.07, 6.45) is 3.74. The summed E-state index contributed by atoms with van der Waals surface area (Å²) in [5.41, 5.74) is 6.21. The maximum absolute atomic E-state index is 12.3. The van der Waals surface area contributed by atoms with E-state index in [1.807, 2.05) is 24.3 Å². The molecule has 0 bridgehead atoms. The zero-order chi connectivity index (χ0) is 19.3. The van der Waals surface area contributed by atoms with Crippen LogP contribution in [0.3, 0.4) is 0 Å². The number of piperidine rings is 1. The van der Waals surface area contributed by atoms with Gasteiger partial charge in [-0.05, 0) is 56.1 Å². The topological polar surface area (TPSA) is 89.7 Å². The van der Waals surface area contributed by atoms with Gasteiger partial charge in [0.1, 0.15) is 18.5 Å². The summed E-state index contributed by atoms with van der Waals surface area (Å²) in [5, 5.41) is 2.99. The number of nitrogens with one attached hydrogen (secondary N) is 1. The number of para-hydroxylation sites is 2. The van der Waals surface area contributed by atoms with Crippen LogP contribution in [0.15, 0.2) is 42.6 Å². The van der Waals surface area contributed by atoms with Gasteiger partial charge in [0.15, 0.2) is 11.5 Å². The minimum Gasteiger partial charge on any atom is -0.486 e. The van der Waals surface area contributed by atoms with E-state index in [-0.39, 0.29) is 17.8 Å². The van der Waals surface area contributed by atoms with Gasteiger partial charge in [0, 0.05) is 19.3 Å². The number of amides is 1. The normalized spacial score (nSPS) is 19.9. The van der Waals surface area contributed by atoms with Crippen molar-refractivity contribution < 1.29 is 14.3 Å². The molecule has 1 aromatic carbocycles. The van der Waals surface area contributed by atoms with Crippen LogP contribution in [0, 0.1) is 5.92 Å². The van der Waals surface area contributed by atoms with Crippen molar-refractivity contribution in [2.45, 2.75) is 18.9 Å². The van der Waals surface area contributed by atoms with Crippen molar-refractivity contribution in [1.29, 1.82) is 0 Å². The second-order valence-electron chi connectivity index (χ2n) is 7.39. The van der Waals surface area contributed by atoms with Gasteiger partial charge in [-0.25, -0.2) is 4.98 Å². The number of aromatic nitrogens is 1. The number of fused-ring (bicyclic) bond motifs is 1. The molecule has 28 heavy (non-hydrogen) atoms. The standard InChI is InChI=1S/C21H26N4O3/c22-20-17(4-3-9-23-20)21(26)24-12-15-7-10-25(11-8-15)13-16-14-27-18-5-1-2-6-19(18)28-16/h1-6,9,15-16H,7-8,10-14H2,(H2,22,23)(H,24,26). The van der Waals surface area contributed by atoms with Gasteiger partial charge in [-0.1, -0.05) is 12.1 Å². The van der Waals surface area contributed by atoms with Gasteiger partial charge in [0.2, 0.25) is 0 Å². The number of carbonyl (C=O) groups excluding carboxylic acids is 1. The van der Waals surface area contributed by atoms with Gasteiger partial charge >= 0.3 is 0 Å². The number of rotatable bonds is 5. The lowest BCUT2D eigenvalue weighted by atomic mass is 9.96. The van der Waals surface area contributed by atoms with Gasteiger partial charge in [0.05, 0.1) is 5.56 Å². The van der Waals surface area contributed by atoms with Gasteiger partial charge in [0.25, 0.3) is 5.91 Å². The van der Waals surface area contributed by atoms with Crippen LogP contribution in [0.2, 0.25) is 0 Å². The first-order chi connectivity index (χ1) is 13.7. The smallest absolute Gasteiger partial charge is 0.255 e. The van der Waals surface area contributed by atoms with E-state index < -0.39 is 0 Å². The molecule has 148 valence electrons. The minimum atomic E-state index is -0.153. The highest BCUT2D eigenvalue weighted by Gasteiger charge is 2.26. The van der Waals surface area contributed by atoms with E-state index in [4.69, 9.17) is 15.2 Å². The zero-order valence-corrected chi connectivity index (χ0v) is 15.8. The molecule has 4 rings (SSSR count). The Morgan fingerprint density at radius 2 is 1.96 bits per heavy atom. The summed E-state index contributed by atoms with van der Waals surface area (Å²) in [6.45, 7) is 4.10. The van der Waals surface area contributed by atoms with E-state index in [9.17, 15) is 4.79 Å². The number of nitrogens with zero attached hydrogens (tertiary/aromatic N) is 2. The Labute approximate surface area is 164 Å². The number of carbonyl (C=O) groups is 1. The van der Waals surface area contributed by atoms with E-state index in [1.54, 1.807) is 18.3 Å². The van der Waals surface area contributed by atoms with Crippen LogP contribution >= 0.6 is 0 Å². The molecule has 0 radical (unpaired) electrons. The SMILES string of the molecule is Nc1ncccc1C(=O)NCC1CCN(CC2COc3ccccc3O2)CC1. The van der Waals surface area contributed by atoms with Crippen molar-refractivity contribution in [2.75, 3.05) is 38.5 Å². The molecule has 1 amide bonds. The lowest BCUT2D eigenvalue weighted by Crippen LogP contribution is -2.45. The molecule has 1 unspecified atom stereocenters. The first-order valence-corrected chi connectivity index (χ1v) is 9.78. The monoisotopic (exact) mass is 382 g/mol. The third-order valence-electron chi connectivity index (χ3n) is 5.37. The average Bonchev–Trinajstić information content (AvgIpc) is 2.73. The molecule has 7 nitrogen and oxygen atoms in total. The predicted molar refractivity (Wildman–Crippen MR) is 106 cm³/mol. The van der Waals surface area contributed by atoms with Crippen LogP contribution in [-0.2, 0) is 0 Å². The third-order valence-corrected chi connectivity index (χ3v) is 5.37. The fraction of sp³-hybridized carbons (Fsp3) is 0.429. The number of likely N-dealkylation sites (tertiary alicyclic amines) is 1. The summed E-state index contributed by atoms with van der Waals surface area (Å²) in [4.78, 5) is 18.6. The molecule has 1 aromatic heterocycles. The van der Waals surface area contributed by atoms with Crippen LogP contribution in [-0.4, -0.2) is 54.7 Å². The first-order valence-electron chi connectivity index (χ1n) is 9.78. The molecule has 7 heteroatoms. The van der Waals surface area contributed by atoms with E-state index in [1.165, 1.54) is 0 Å². The number of nitrogen functional groups attached to an aromatic ring is 1. The first kappa shape index (κ1) is 18.6. The fourth-order valence-corrected chi connectivity index (χ4v) is 3.76. The van der Waals surface area contributed by atoms with Crippen molar-refractivity contribution in [3.63, 3.8) is 0 Å². The Balaban J connectivity index is 1.20. The fourth-order valence-electron chi connectivity index (χ4n) is 3.76. The second kappa shape index (κ2) is 8.48. The van der Waals surface area contributed by atoms with Crippen LogP contribution in [0.25, 0.3) is 0 Å². The van der Waals surface area contributed by atoms with Crippen LogP contribution in [0.1, 0.15) is 23.2 Å². The highest BCUT2D eigenvalue weighted by molar-refractivity contribution is 5.98. The van der Waals surface area contributed by atoms with E-state index in [2.05, 4.69) is 15.2 Å². The lowest BCUT2D eigenvalue weighted by Gasteiger charge is -2.35. The van der Waals surface area contributed by atoms with Gasteiger partial charge in [-0.2, -0.15) is 0 Å². The van der Waals surface area contributed by atoms with Crippen LogP contribution in [0.5, 0.6) is 11.5 Å². The molecule has 2 aliphatic rings. The molecule has 0 saturated carbocycles. The van der Waals surface area contributed by atoms with E-state index in [0.29, 0.717) is 24.6 Å². The number of ether oxygens (including phenoxy) is 2. The van der Waals surface area contributed by atoms with Crippen LogP contribution < -0.4 is 20.5 Å². The van der Waals surface area contributed by atoms with Crippen molar-refractivity contribution in [3.05, 3.63) is 48.2 Å². The molecular formula is C21H26N4O3. The largest absolute Gasteiger partial charge is 0.486 e. The average molecular weight is 382 g/mol. The number of hydrogen-bond acceptors (Lipinski definition) is 6. The Hall–Kier alpha value is -2.80. The third kappa shape index (κ3) is 4.36. The molecular weight excluding hydrogens is 356 g/mol. The van der Waals surface area contributed by atoms with Gasteiger partial charge < -0.3 is 20.5 Å². The molecule has 1 atom stereocenters. The number of pyridine rings is 1. The Kier molecular flexibility index (Phi) is 5.62. The van der Waals surface area contributed by atoms with Crippen molar-refractivity contribution >= 4 is 11.7 Å². The van der Waals surface area contributed by atoms with Gasteiger partial charge in [-0.3, -0.25) is 9.69 Å². The summed E-state index contributed by atoms with van der Waals surface area (Å²) >= 11 is 0. The molecule has 0 spiro atoms.